The van der Waals surface area contributed by atoms with Gasteiger partial charge in [-0.25, -0.2) is 4.98 Å². The molecule has 0 aliphatic rings. The van der Waals surface area contributed by atoms with Crippen molar-refractivity contribution in [3.05, 3.63) is 142 Å². The summed E-state index contributed by atoms with van der Waals surface area (Å²) >= 11 is 9.99. The normalized spacial score (nSPS) is 10.9. The monoisotopic (exact) mass is 637 g/mol. The molecule has 7 nitrogen and oxygen atoms in total. The van der Waals surface area contributed by atoms with Crippen LogP contribution in [0.5, 0.6) is 11.5 Å². The highest BCUT2D eigenvalue weighted by molar-refractivity contribution is 9.10. The van der Waals surface area contributed by atoms with E-state index in [2.05, 4.69) is 31.7 Å². The molecule has 2 N–H and O–H groups in total. The zero-order valence-corrected chi connectivity index (χ0v) is 24.6. The summed E-state index contributed by atoms with van der Waals surface area (Å²) in [4.78, 5) is 17.4. The smallest absolute Gasteiger partial charge is 0.251 e. The molecule has 0 aliphatic carbocycles. The number of anilines is 1. The number of hydrogen-bond donors (Lipinski definition) is 2. The van der Waals surface area contributed by atoms with Crippen LogP contribution in [0.4, 0.5) is 5.82 Å². The van der Waals surface area contributed by atoms with Crippen molar-refractivity contribution in [2.75, 3.05) is 5.32 Å². The van der Waals surface area contributed by atoms with Gasteiger partial charge in [-0.2, -0.15) is 9.61 Å². The summed E-state index contributed by atoms with van der Waals surface area (Å²) in [5.41, 5.74) is 4.94. The van der Waals surface area contributed by atoms with Gasteiger partial charge in [-0.15, -0.1) is 0 Å². The molecule has 0 spiro atoms. The highest BCUT2D eigenvalue weighted by atomic mass is 79.9. The Morgan fingerprint density at radius 3 is 2.24 bits per heavy atom. The molecule has 0 unspecified atom stereocenters. The van der Waals surface area contributed by atoms with Gasteiger partial charge in [0.2, 0.25) is 0 Å². The van der Waals surface area contributed by atoms with Gasteiger partial charge in [-0.1, -0.05) is 72.3 Å². The second kappa shape index (κ2) is 12.5. The number of nitrogens with one attached hydrogen (secondary N) is 2. The Balaban J connectivity index is 1.07. The van der Waals surface area contributed by atoms with Crippen LogP contribution in [0.3, 0.4) is 0 Å². The maximum atomic E-state index is 12.7. The standard InChI is InChI=1S/C33H25BrClN5O2/c34-28-21-38-40-31(18-30(39-32(28)40)27-8-4-5-9-29(27)35)36-19-22-10-12-23(13-11-22)20-37-33(41)24-14-16-26(17-15-24)42-25-6-2-1-3-7-25/h1-18,21,36H,19-20H2,(H,37,41). The van der Waals surface area contributed by atoms with Gasteiger partial charge in [0.25, 0.3) is 5.91 Å². The second-order valence-electron chi connectivity index (χ2n) is 9.53. The number of nitrogens with zero attached hydrogens (tertiary/aromatic N) is 3. The van der Waals surface area contributed by atoms with E-state index < -0.39 is 0 Å². The highest BCUT2D eigenvalue weighted by Gasteiger charge is 2.13. The van der Waals surface area contributed by atoms with Gasteiger partial charge in [-0.05, 0) is 69.5 Å². The van der Waals surface area contributed by atoms with Crippen LogP contribution in [0.1, 0.15) is 21.5 Å². The van der Waals surface area contributed by atoms with Crippen LogP contribution in [0.25, 0.3) is 16.9 Å². The number of fused-ring (bicyclic) bond motifs is 1. The summed E-state index contributed by atoms with van der Waals surface area (Å²) in [6, 6.07) is 34.3. The Labute approximate surface area is 256 Å². The Bertz CT molecular complexity index is 1840. The molecule has 2 aromatic heterocycles. The molecule has 9 heteroatoms. The SMILES string of the molecule is O=C(NCc1ccc(CNc2cc(-c3ccccc3Cl)nc3c(Br)cnn23)cc1)c1ccc(Oc2ccccc2)cc1. The van der Waals surface area contributed by atoms with Crippen LogP contribution >= 0.6 is 27.5 Å². The minimum atomic E-state index is -0.145. The molecule has 0 aliphatic heterocycles. The van der Waals surface area contributed by atoms with Gasteiger partial charge < -0.3 is 15.4 Å². The molecule has 4 aromatic carbocycles. The van der Waals surface area contributed by atoms with Gasteiger partial charge in [0.1, 0.15) is 17.3 Å². The number of carbonyl (C=O) groups is 1. The van der Waals surface area contributed by atoms with E-state index in [4.69, 9.17) is 21.3 Å². The number of carbonyl (C=O) groups excluding carboxylic acids is 1. The summed E-state index contributed by atoms with van der Waals surface area (Å²) < 4.78 is 8.35. The van der Waals surface area contributed by atoms with Crippen molar-refractivity contribution in [1.82, 2.24) is 19.9 Å². The Morgan fingerprint density at radius 2 is 1.50 bits per heavy atom. The molecule has 2 heterocycles. The summed E-state index contributed by atoms with van der Waals surface area (Å²) in [5.74, 6) is 2.07. The molecule has 0 radical (unpaired) electrons. The number of aromatic nitrogens is 3. The number of amides is 1. The predicted molar refractivity (Wildman–Crippen MR) is 169 cm³/mol. The van der Waals surface area contributed by atoms with Crippen LogP contribution < -0.4 is 15.4 Å². The first kappa shape index (κ1) is 27.5. The molecule has 0 bridgehead atoms. The van der Waals surface area contributed by atoms with E-state index in [1.165, 1.54) is 0 Å². The largest absolute Gasteiger partial charge is 0.457 e. The van der Waals surface area contributed by atoms with E-state index in [1.807, 2.05) is 84.9 Å². The lowest BCUT2D eigenvalue weighted by atomic mass is 10.1. The fraction of sp³-hybridized carbons (Fsp3) is 0.0606. The zero-order chi connectivity index (χ0) is 28.9. The van der Waals surface area contributed by atoms with Gasteiger partial charge >= 0.3 is 0 Å². The molecule has 0 fully saturated rings. The number of hydrogen-bond acceptors (Lipinski definition) is 5. The highest BCUT2D eigenvalue weighted by Crippen LogP contribution is 2.30. The first-order valence-electron chi connectivity index (χ1n) is 13.3. The van der Waals surface area contributed by atoms with Crippen molar-refractivity contribution in [2.45, 2.75) is 13.1 Å². The topological polar surface area (TPSA) is 80.5 Å². The maximum absolute atomic E-state index is 12.7. The molecule has 0 atom stereocenters. The van der Waals surface area contributed by atoms with E-state index in [9.17, 15) is 4.79 Å². The van der Waals surface area contributed by atoms with Crippen LogP contribution in [-0.4, -0.2) is 20.5 Å². The van der Waals surface area contributed by atoms with Gasteiger partial charge in [-0.3, -0.25) is 4.79 Å². The van der Waals surface area contributed by atoms with Gasteiger partial charge in [0.05, 0.1) is 16.4 Å². The quantitative estimate of drug-likeness (QED) is 0.167. The Kier molecular flexibility index (Phi) is 8.16. The van der Waals surface area contributed by atoms with Crippen LogP contribution in [0.15, 0.2) is 120 Å². The fourth-order valence-corrected chi connectivity index (χ4v) is 5.00. The molecule has 0 saturated carbocycles. The Morgan fingerprint density at radius 1 is 0.833 bits per heavy atom. The summed E-state index contributed by atoms with van der Waals surface area (Å²) in [6.07, 6.45) is 1.72. The molecule has 0 saturated heterocycles. The minimum absolute atomic E-state index is 0.145. The molecule has 6 rings (SSSR count). The maximum Gasteiger partial charge on any atom is 0.251 e. The van der Waals surface area contributed by atoms with Crippen molar-refractivity contribution in [3.63, 3.8) is 0 Å². The number of halogens is 2. The fourth-order valence-electron chi connectivity index (χ4n) is 4.42. The average Bonchev–Trinajstić information content (AvgIpc) is 3.40. The van der Waals surface area contributed by atoms with Crippen molar-refractivity contribution in [3.8, 4) is 22.8 Å². The van der Waals surface area contributed by atoms with Gasteiger partial charge in [0.15, 0.2) is 5.65 Å². The lowest BCUT2D eigenvalue weighted by Gasteiger charge is -2.12. The number of ether oxygens (including phenoxy) is 1. The minimum Gasteiger partial charge on any atom is -0.457 e. The second-order valence-corrected chi connectivity index (χ2v) is 10.8. The van der Waals surface area contributed by atoms with E-state index in [1.54, 1.807) is 35.0 Å². The summed E-state index contributed by atoms with van der Waals surface area (Å²) in [7, 11) is 0. The first-order valence-corrected chi connectivity index (χ1v) is 14.4. The third-order valence-corrected chi connectivity index (χ3v) is 7.51. The van der Waals surface area contributed by atoms with Crippen molar-refractivity contribution in [1.29, 1.82) is 0 Å². The number of para-hydroxylation sites is 1. The average molecular weight is 639 g/mol. The van der Waals surface area contributed by atoms with E-state index in [-0.39, 0.29) is 5.91 Å². The third-order valence-electron chi connectivity index (χ3n) is 6.62. The van der Waals surface area contributed by atoms with Crippen LogP contribution in [-0.2, 0) is 13.1 Å². The molecular formula is C33H25BrClN5O2. The predicted octanol–water partition coefficient (Wildman–Crippen LogP) is 8.15. The van der Waals surface area contributed by atoms with Crippen molar-refractivity contribution in [2.24, 2.45) is 0 Å². The summed E-state index contributed by atoms with van der Waals surface area (Å²) in [5, 5.41) is 11.5. The molecule has 208 valence electrons. The number of benzene rings is 4. The molecular weight excluding hydrogens is 614 g/mol. The third kappa shape index (κ3) is 6.30. The van der Waals surface area contributed by atoms with E-state index >= 15 is 0 Å². The zero-order valence-electron chi connectivity index (χ0n) is 22.3. The molecule has 1 amide bonds. The molecule has 42 heavy (non-hydrogen) atoms. The van der Waals surface area contributed by atoms with Crippen LogP contribution in [0, 0.1) is 0 Å². The van der Waals surface area contributed by atoms with E-state index in [0.29, 0.717) is 35.1 Å². The Hall–Kier alpha value is -4.66. The van der Waals surface area contributed by atoms with E-state index in [0.717, 1.165) is 38.4 Å². The molecule has 6 aromatic rings. The van der Waals surface area contributed by atoms with Crippen molar-refractivity contribution >= 4 is 44.9 Å². The summed E-state index contributed by atoms with van der Waals surface area (Å²) in [6.45, 7) is 0.991. The van der Waals surface area contributed by atoms with Crippen molar-refractivity contribution < 1.29 is 9.53 Å². The van der Waals surface area contributed by atoms with Gasteiger partial charge in [0, 0.05) is 35.3 Å². The lowest BCUT2D eigenvalue weighted by Crippen LogP contribution is -2.22. The van der Waals surface area contributed by atoms with Crippen LogP contribution in [0.2, 0.25) is 5.02 Å². The first-order chi connectivity index (χ1) is 20.5. The number of rotatable bonds is 9. The lowest BCUT2D eigenvalue weighted by molar-refractivity contribution is 0.0951.